The van der Waals surface area contributed by atoms with Crippen molar-refractivity contribution in [3.63, 3.8) is 0 Å². The van der Waals surface area contributed by atoms with E-state index >= 15 is 0 Å². The van der Waals surface area contributed by atoms with Gasteiger partial charge in [0.15, 0.2) is 0 Å². The van der Waals surface area contributed by atoms with Crippen LogP contribution in [0.2, 0.25) is 0 Å². The number of anilines is 1. The van der Waals surface area contributed by atoms with E-state index in [-0.39, 0.29) is 5.41 Å². The number of para-hydroxylation sites is 1. The quantitative estimate of drug-likeness (QED) is 0.519. The molecule has 0 saturated carbocycles. The van der Waals surface area contributed by atoms with Gasteiger partial charge in [0.2, 0.25) is 0 Å². The van der Waals surface area contributed by atoms with Crippen molar-refractivity contribution in [2.75, 3.05) is 5.32 Å². The Labute approximate surface area is 167 Å². The molecule has 0 saturated heterocycles. The van der Waals surface area contributed by atoms with Gasteiger partial charge in [0.25, 0.3) is 0 Å². The van der Waals surface area contributed by atoms with Crippen molar-refractivity contribution in [1.29, 1.82) is 0 Å². The van der Waals surface area contributed by atoms with Crippen molar-refractivity contribution in [2.45, 2.75) is 32.1 Å². The first-order chi connectivity index (χ1) is 13.7. The van der Waals surface area contributed by atoms with Gasteiger partial charge in [-0.3, -0.25) is 0 Å². The van der Waals surface area contributed by atoms with Crippen LogP contribution in [-0.4, -0.2) is 0 Å². The Balaban J connectivity index is 1.59. The molecule has 0 fully saturated rings. The van der Waals surface area contributed by atoms with Crippen LogP contribution >= 0.6 is 0 Å². The van der Waals surface area contributed by atoms with E-state index in [1.807, 2.05) is 0 Å². The lowest BCUT2D eigenvalue weighted by Gasteiger charge is -2.27. The fraction of sp³-hybridized carbons (Fsp3) is 0.185. The predicted octanol–water partition coefficient (Wildman–Crippen LogP) is 7.19. The van der Waals surface area contributed by atoms with E-state index < -0.39 is 0 Å². The highest BCUT2D eigenvalue weighted by molar-refractivity contribution is 5.93. The number of fused-ring (bicyclic) bond motifs is 2. The SMILES string of the molecule is CC1(C)C2=C(C(Nc3ccccc3-c3ccccc3)=CCC2)c2ccccc21. The molecule has 0 aromatic heterocycles. The molecule has 0 bridgehead atoms. The van der Waals surface area contributed by atoms with E-state index in [1.54, 1.807) is 5.57 Å². The lowest BCUT2D eigenvalue weighted by Crippen LogP contribution is -2.18. The van der Waals surface area contributed by atoms with Crippen molar-refractivity contribution >= 4 is 11.3 Å². The van der Waals surface area contributed by atoms with Gasteiger partial charge in [-0.1, -0.05) is 92.7 Å². The Morgan fingerprint density at radius 1 is 0.750 bits per heavy atom. The van der Waals surface area contributed by atoms with Crippen LogP contribution in [0.3, 0.4) is 0 Å². The highest BCUT2D eigenvalue weighted by Gasteiger charge is 2.39. The first-order valence-electron chi connectivity index (χ1n) is 10.1. The molecule has 138 valence electrons. The van der Waals surface area contributed by atoms with Gasteiger partial charge in [0.1, 0.15) is 0 Å². The summed E-state index contributed by atoms with van der Waals surface area (Å²) in [6.45, 7) is 4.74. The molecule has 1 nitrogen and oxygen atoms in total. The summed E-state index contributed by atoms with van der Waals surface area (Å²) in [7, 11) is 0. The van der Waals surface area contributed by atoms with Crippen LogP contribution in [0, 0.1) is 0 Å². The number of nitrogens with one attached hydrogen (secondary N) is 1. The molecule has 0 radical (unpaired) electrons. The van der Waals surface area contributed by atoms with E-state index in [0.29, 0.717) is 0 Å². The zero-order chi connectivity index (χ0) is 19.1. The minimum atomic E-state index is 0.103. The third-order valence-corrected chi connectivity index (χ3v) is 6.22. The van der Waals surface area contributed by atoms with Gasteiger partial charge in [-0.25, -0.2) is 0 Å². The summed E-state index contributed by atoms with van der Waals surface area (Å²) >= 11 is 0. The Morgan fingerprint density at radius 3 is 2.25 bits per heavy atom. The summed E-state index contributed by atoms with van der Waals surface area (Å²) < 4.78 is 0. The standard InChI is InChI=1S/C27H25N/c1-27(2)22-15-8-6-14-21(22)26-23(27)16-10-18-25(26)28-24-17-9-7-13-20(24)19-11-4-3-5-12-19/h3-9,11-15,17-18,28H,10,16H2,1-2H3. The van der Waals surface area contributed by atoms with Crippen molar-refractivity contribution in [3.8, 4) is 11.1 Å². The molecule has 0 unspecified atom stereocenters. The summed E-state index contributed by atoms with van der Waals surface area (Å²) in [6, 6.07) is 28.1. The van der Waals surface area contributed by atoms with Crippen molar-refractivity contribution in [1.82, 2.24) is 0 Å². The third-order valence-electron chi connectivity index (χ3n) is 6.22. The minimum absolute atomic E-state index is 0.103. The minimum Gasteiger partial charge on any atom is -0.355 e. The molecule has 0 amide bonds. The van der Waals surface area contributed by atoms with Gasteiger partial charge in [-0.05, 0) is 41.2 Å². The number of benzene rings is 3. The highest BCUT2D eigenvalue weighted by Crippen LogP contribution is 2.52. The molecular formula is C27H25N. The predicted molar refractivity (Wildman–Crippen MR) is 119 cm³/mol. The summed E-state index contributed by atoms with van der Waals surface area (Å²) in [5, 5.41) is 3.80. The Kier molecular flexibility index (Phi) is 3.98. The van der Waals surface area contributed by atoms with E-state index in [0.717, 1.165) is 18.5 Å². The summed E-state index contributed by atoms with van der Waals surface area (Å²) in [4.78, 5) is 0. The second-order valence-electron chi connectivity index (χ2n) is 8.22. The molecular weight excluding hydrogens is 338 g/mol. The maximum Gasteiger partial charge on any atom is 0.0463 e. The number of rotatable bonds is 3. The van der Waals surface area contributed by atoms with E-state index in [4.69, 9.17) is 0 Å². The van der Waals surface area contributed by atoms with E-state index in [1.165, 1.54) is 33.5 Å². The van der Waals surface area contributed by atoms with Gasteiger partial charge in [-0.2, -0.15) is 0 Å². The molecule has 1 heteroatoms. The summed E-state index contributed by atoms with van der Waals surface area (Å²) in [6.07, 6.45) is 4.60. The zero-order valence-electron chi connectivity index (χ0n) is 16.5. The zero-order valence-corrected chi connectivity index (χ0v) is 16.5. The average Bonchev–Trinajstić information content (AvgIpc) is 2.98. The van der Waals surface area contributed by atoms with Crippen LogP contribution in [0.4, 0.5) is 5.69 Å². The van der Waals surface area contributed by atoms with Crippen LogP contribution in [0.25, 0.3) is 16.7 Å². The van der Waals surface area contributed by atoms with Crippen molar-refractivity contribution in [3.05, 3.63) is 107 Å². The Morgan fingerprint density at radius 2 is 1.43 bits per heavy atom. The van der Waals surface area contributed by atoms with Crippen LogP contribution in [0.5, 0.6) is 0 Å². The lowest BCUT2D eigenvalue weighted by molar-refractivity contribution is 0.606. The first kappa shape index (κ1) is 17.1. The molecule has 3 aromatic rings. The van der Waals surface area contributed by atoms with Gasteiger partial charge in [0.05, 0.1) is 0 Å². The molecule has 0 aliphatic heterocycles. The van der Waals surface area contributed by atoms with Gasteiger partial charge < -0.3 is 5.32 Å². The molecule has 0 atom stereocenters. The van der Waals surface area contributed by atoms with Crippen LogP contribution in [0.15, 0.2) is 96.2 Å². The number of hydrogen-bond donors (Lipinski definition) is 1. The maximum atomic E-state index is 3.80. The average molecular weight is 364 g/mol. The molecule has 2 aliphatic carbocycles. The number of allylic oxidation sites excluding steroid dienone is 3. The molecule has 5 rings (SSSR count). The molecule has 3 aromatic carbocycles. The molecule has 1 N–H and O–H groups in total. The summed E-state index contributed by atoms with van der Waals surface area (Å²) in [5.74, 6) is 0. The van der Waals surface area contributed by atoms with E-state index in [2.05, 4.69) is 104 Å². The number of hydrogen-bond acceptors (Lipinski definition) is 1. The molecule has 2 aliphatic rings. The van der Waals surface area contributed by atoms with Crippen molar-refractivity contribution < 1.29 is 0 Å². The molecule has 28 heavy (non-hydrogen) atoms. The van der Waals surface area contributed by atoms with Gasteiger partial charge >= 0.3 is 0 Å². The Hall–Kier alpha value is -3.06. The second kappa shape index (κ2) is 6.53. The second-order valence-corrected chi connectivity index (χ2v) is 8.22. The maximum absolute atomic E-state index is 3.80. The topological polar surface area (TPSA) is 12.0 Å². The highest BCUT2D eigenvalue weighted by atomic mass is 14.9. The van der Waals surface area contributed by atoms with Crippen LogP contribution < -0.4 is 5.32 Å². The monoisotopic (exact) mass is 363 g/mol. The fourth-order valence-corrected chi connectivity index (χ4v) is 4.81. The van der Waals surface area contributed by atoms with Crippen LogP contribution in [0.1, 0.15) is 37.8 Å². The smallest absolute Gasteiger partial charge is 0.0463 e. The first-order valence-corrected chi connectivity index (χ1v) is 10.1. The van der Waals surface area contributed by atoms with Crippen molar-refractivity contribution in [2.24, 2.45) is 0 Å². The van der Waals surface area contributed by atoms with E-state index in [9.17, 15) is 0 Å². The molecule has 0 spiro atoms. The van der Waals surface area contributed by atoms with Crippen LogP contribution in [-0.2, 0) is 5.41 Å². The normalized spacial score (nSPS) is 17.0. The fourth-order valence-electron chi connectivity index (χ4n) is 4.81. The Bertz CT molecular complexity index is 1100. The third kappa shape index (κ3) is 2.62. The lowest BCUT2D eigenvalue weighted by atomic mass is 9.78. The van der Waals surface area contributed by atoms with Gasteiger partial charge in [-0.15, -0.1) is 0 Å². The summed E-state index contributed by atoms with van der Waals surface area (Å²) in [5.41, 5.74) is 10.8. The van der Waals surface area contributed by atoms with Gasteiger partial charge in [0, 0.05) is 27.9 Å². The largest absolute Gasteiger partial charge is 0.355 e. The molecule has 0 heterocycles.